The molecule has 1 aromatic heterocycles. The van der Waals surface area contributed by atoms with Gasteiger partial charge >= 0.3 is 5.69 Å². The molecule has 0 aliphatic carbocycles. The largest absolute Gasteiger partial charge is 0.497 e. The van der Waals surface area contributed by atoms with Gasteiger partial charge < -0.3 is 9.47 Å². The van der Waals surface area contributed by atoms with Crippen molar-refractivity contribution in [1.29, 1.82) is 5.26 Å². The molecular weight excluding hydrogens is 262 g/mol. The summed E-state index contributed by atoms with van der Waals surface area (Å²) in [6.07, 6.45) is 1.44. The lowest BCUT2D eigenvalue weighted by molar-refractivity contribution is -0.385. The maximum absolute atomic E-state index is 11.0. The summed E-state index contributed by atoms with van der Waals surface area (Å²) < 4.78 is 10.4. The molecular formula is C13H9N3O4. The molecule has 0 spiro atoms. The van der Waals surface area contributed by atoms with Crippen LogP contribution in [-0.4, -0.2) is 17.0 Å². The Morgan fingerprint density at radius 1 is 1.35 bits per heavy atom. The summed E-state index contributed by atoms with van der Waals surface area (Å²) in [7, 11) is 1.44. The van der Waals surface area contributed by atoms with E-state index in [4.69, 9.17) is 14.7 Å². The van der Waals surface area contributed by atoms with Crippen LogP contribution < -0.4 is 9.47 Å². The number of nitro groups is 1. The Morgan fingerprint density at radius 2 is 2.15 bits per heavy atom. The van der Waals surface area contributed by atoms with Crippen LogP contribution in [-0.2, 0) is 0 Å². The number of nitrogens with zero attached hydrogens (tertiary/aromatic N) is 3. The van der Waals surface area contributed by atoms with Crippen molar-refractivity contribution < 1.29 is 14.4 Å². The van der Waals surface area contributed by atoms with Crippen LogP contribution in [0.5, 0.6) is 17.2 Å². The van der Waals surface area contributed by atoms with Gasteiger partial charge in [0.2, 0.25) is 5.75 Å². The molecule has 0 radical (unpaired) electrons. The third-order valence-corrected chi connectivity index (χ3v) is 2.46. The van der Waals surface area contributed by atoms with Crippen LogP contribution in [0.3, 0.4) is 0 Å². The fourth-order valence-electron chi connectivity index (χ4n) is 1.53. The number of methoxy groups -OCH3 is 1. The minimum absolute atomic E-state index is 0.0150. The maximum atomic E-state index is 11.0. The van der Waals surface area contributed by atoms with E-state index in [0.717, 1.165) is 0 Å². The minimum Gasteiger partial charge on any atom is -0.497 e. The molecule has 0 unspecified atom stereocenters. The van der Waals surface area contributed by atoms with E-state index in [1.54, 1.807) is 6.07 Å². The fourth-order valence-corrected chi connectivity index (χ4v) is 1.53. The van der Waals surface area contributed by atoms with E-state index in [1.807, 2.05) is 6.07 Å². The van der Waals surface area contributed by atoms with Gasteiger partial charge in [-0.25, -0.2) is 4.98 Å². The molecule has 0 saturated heterocycles. The maximum Gasteiger partial charge on any atom is 0.311 e. The van der Waals surface area contributed by atoms with Crippen molar-refractivity contribution in [2.75, 3.05) is 7.11 Å². The van der Waals surface area contributed by atoms with E-state index in [0.29, 0.717) is 5.75 Å². The zero-order chi connectivity index (χ0) is 14.5. The molecule has 0 aliphatic rings. The predicted molar refractivity (Wildman–Crippen MR) is 68.7 cm³/mol. The highest BCUT2D eigenvalue weighted by atomic mass is 16.6. The van der Waals surface area contributed by atoms with E-state index in [9.17, 15) is 10.1 Å². The van der Waals surface area contributed by atoms with E-state index < -0.39 is 4.92 Å². The van der Waals surface area contributed by atoms with Crippen molar-refractivity contribution in [2.24, 2.45) is 0 Å². The summed E-state index contributed by atoms with van der Waals surface area (Å²) in [6.45, 7) is 0. The lowest BCUT2D eigenvalue weighted by Gasteiger charge is -2.08. The second-order valence-corrected chi connectivity index (χ2v) is 3.65. The monoisotopic (exact) mass is 271 g/mol. The third-order valence-electron chi connectivity index (χ3n) is 2.46. The van der Waals surface area contributed by atoms with Crippen molar-refractivity contribution in [1.82, 2.24) is 4.98 Å². The number of rotatable bonds is 4. The highest BCUT2D eigenvalue weighted by Gasteiger charge is 2.18. The lowest BCUT2D eigenvalue weighted by Crippen LogP contribution is -1.96. The number of ether oxygens (including phenoxy) is 2. The Hall–Kier alpha value is -3.14. The molecule has 7 heteroatoms. The molecule has 0 aliphatic heterocycles. The van der Waals surface area contributed by atoms with Crippen LogP contribution in [0.15, 0.2) is 36.5 Å². The molecule has 2 rings (SSSR count). The number of hydrogen-bond donors (Lipinski definition) is 0. The molecule has 100 valence electrons. The van der Waals surface area contributed by atoms with Gasteiger partial charge in [0.1, 0.15) is 11.8 Å². The van der Waals surface area contributed by atoms with Crippen molar-refractivity contribution in [2.45, 2.75) is 0 Å². The van der Waals surface area contributed by atoms with Gasteiger partial charge in [-0.1, -0.05) is 0 Å². The number of nitro benzene ring substituents is 1. The zero-order valence-electron chi connectivity index (χ0n) is 10.4. The van der Waals surface area contributed by atoms with Crippen LogP contribution in [0.2, 0.25) is 0 Å². The van der Waals surface area contributed by atoms with Crippen LogP contribution in [0, 0.1) is 21.4 Å². The van der Waals surface area contributed by atoms with E-state index in [1.165, 1.54) is 37.6 Å². The van der Waals surface area contributed by atoms with Crippen LogP contribution in [0.1, 0.15) is 5.69 Å². The van der Waals surface area contributed by atoms with Crippen molar-refractivity contribution in [3.05, 3.63) is 52.3 Å². The lowest BCUT2D eigenvalue weighted by atomic mass is 10.2. The van der Waals surface area contributed by atoms with Gasteiger partial charge in [-0.15, -0.1) is 0 Å². The molecule has 0 N–H and O–H groups in total. The molecule has 2 aromatic rings. The van der Waals surface area contributed by atoms with Gasteiger partial charge in [-0.2, -0.15) is 5.26 Å². The van der Waals surface area contributed by atoms with Crippen molar-refractivity contribution in [3.63, 3.8) is 0 Å². The average molecular weight is 271 g/mol. The molecule has 20 heavy (non-hydrogen) atoms. The smallest absolute Gasteiger partial charge is 0.311 e. The Morgan fingerprint density at radius 3 is 2.80 bits per heavy atom. The number of aromatic nitrogens is 1. The number of benzene rings is 1. The average Bonchev–Trinajstić information content (AvgIpc) is 2.47. The van der Waals surface area contributed by atoms with Gasteiger partial charge in [0.15, 0.2) is 11.4 Å². The van der Waals surface area contributed by atoms with Gasteiger partial charge in [0.05, 0.1) is 12.0 Å². The highest BCUT2D eigenvalue weighted by molar-refractivity contribution is 5.53. The molecule has 0 atom stereocenters. The van der Waals surface area contributed by atoms with Crippen LogP contribution in [0.25, 0.3) is 0 Å². The molecule has 0 amide bonds. The van der Waals surface area contributed by atoms with E-state index in [-0.39, 0.29) is 22.9 Å². The molecule has 0 fully saturated rings. The summed E-state index contributed by atoms with van der Waals surface area (Å²) in [4.78, 5) is 14.2. The van der Waals surface area contributed by atoms with Crippen molar-refractivity contribution >= 4 is 5.69 Å². The number of hydrogen-bond acceptors (Lipinski definition) is 6. The first kappa shape index (κ1) is 13.3. The molecule has 1 aromatic carbocycles. The second kappa shape index (κ2) is 5.67. The zero-order valence-corrected chi connectivity index (χ0v) is 10.4. The summed E-state index contributed by atoms with van der Waals surface area (Å²) in [6, 6.07) is 9.05. The quantitative estimate of drug-likeness (QED) is 0.626. The molecule has 0 saturated carbocycles. The predicted octanol–water partition coefficient (Wildman–Crippen LogP) is 2.66. The molecule has 7 nitrogen and oxygen atoms in total. The Kier molecular flexibility index (Phi) is 3.77. The third kappa shape index (κ3) is 2.64. The second-order valence-electron chi connectivity index (χ2n) is 3.65. The SMILES string of the molecule is COc1ccc([N+](=O)[O-])c(Oc2cccnc2C#N)c1. The minimum atomic E-state index is -0.572. The van der Waals surface area contributed by atoms with Gasteiger partial charge in [-0.3, -0.25) is 10.1 Å². The Balaban J connectivity index is 2.46. The highest BCUT2D eigenvalue weighted by Crippen LogP contribution is 2.35. The standard InChI is InChI=1S/C13H9N3O4/c1-19-9-4-5-11(16(17)18)13(7-9)20-12-3-2-6-15-10(12)8-14/h2-7H,1H3. The Bertz CT molecular complexity index is 694. The number of nitriles is 1. The van der Waals surface area contributed by atoms with Gasteiger partial charge in [-0.05, 0) is 18.2 Å². The summed E-state index contributed by atoms with van der Waals surface area (Å²) in [5.74, 6) is 0.540. The summed E-state index contributed by atoms with van der Waals surface area (Å²) in [5.41, 5.74) is -0.178. The Labute approximate surface area is 114 Å². The van der Waals surface area contributed by atoms with Crippen LogP contribution >= 0.6 is 0 Å². The first-order valence-electron chi connectivity index (χ1n) is 5.51. The normalized spacial score (nSPS) is 9.60. The van der Waals surface area contributed by atoms with Crippen molar-refractivity contribution in [3.8, 4) is 23.3 Å². The first-order chi connectivity index (χ1) is 9.65. The van der Waals surface area contributed by atoms with Gasteiger partial charge in [0, 0.05) is 18.3 Å². The van der Waals surface area contributed by atoms with E-state index in [2.05, 4.69) is 4.98 Å². The van der Waals surface area contributed by atoms with Crippen LogP contribution in [0.4, 0.5) is 5.69 Å². The number of pyridine rings is 1. The topological polar surface area (TPSA) is 98.3 Å². The van der Waals surface area contributed by atoms with E-state index >= 15 is 0 Å². The summed E-state index contributed by atoms with van der Waals surface area (Å²) in [5, 5.41) is 19.9. The first-order valence-corrected chi connectivity index (χ1v) is 5.51. The molecule has 1 heterocycles. The summed E-state index contributed by atoms with van der Waals surface area (Å²) >= 11 is 0. The van der Waals surface area contributed by atoms with Gasteiger partial charge in [0.25, 0.3) is 0 Å². The fraction of sp³-hybridized carbons (Fsp3) is 0.0769. The molecule has 0 bridgehead atoms.